The lowest BCUT2D eigenvalue weighted by atomic mass is 10.2. The van der Waals surface area contributed by atoms with Crippen molar-refractivity contribution in [3.8, 4) is 0 Å². The van der Waals surface area contributed by atoms with Crippen molar-refractivity contribution in [2.45, 2.75) is 13.0 Å². The first kappa shape index (κ1) is 20.1. The summed E-state index contributed by atoms with van der Waals surface area (Å²) in [7, 11) is -3.47. The van der Waals surface area contributed by atoms with Crippen LogP contribution in [0.5, 0.6) is 0 Å². The zero-order valence-electron chi connectivity index (χ0n) is 14.1. The van der Waals surface area contributed by atoms with Crippen LogP contribution >= 0.6 is 11.3 Å². The monoisotopic (exact) mass is 395 g/mol. The maximum atomic E-state index is 11.9. The minimum absolute atomic E-state index is 0.0157. The summed E-state index contributed by atoms with van der Waals surface area (Å²) in [5, 5.41) is 6.98. The fraction of sp³-hybridized carbons (Fsp3) is 0.294. The number of thiophene rings is 1. The third kappa shape index (κ3) is 7.34. The van der Waals surface area contributed by atoms with E-state index < -0.39 is 10.0 Å². The highest BCUT2D eigenvalue weighted by molar-refractivity contribution is 7.89. The molecule has 1 aromatic heterocycles. The van der Waals surface area contributed by atoms with Gasteiger partial charge in [-0.1, -0.05) is 36.4 Å². The first-order chi connectivity index (χ1) is 12.5. The summed E-state index contributed by atoms with van der Waals surface area (Å²) in [5.74, 6) is -0.733. The molecule has 9 heteroatoms. The van der Waals surface area contributed by atoms with Gasteiger partial charge in [-0.25, -0.2) is 13.1 Å². The standard InChI is InChI=1S/C17H21N3O4S2/c21-16(8-9-19-17(22)15-7-4-11-25-15)18-10-12-26(23,24)20-13-14-5-2-1-3-6-14/h1-7,11,20H,8-10,12-13H2,(H,18,21)(H,19,22). The van der Waals surface area contributed by atoms with Gasteiger partial charge in [0.1, 0.15) is 0 Å². The molecule has 2 aromatic rings. The molecule has 3 N–H and O–H groups in total. The molecule has 0 bridgehead atoms. The fourth-order valence-electron chi connectivity index (χ4n) is 2.06. The molecule has 0 radical (unpaired) electrons. The van der Waals surface area contributed by atoms with Crippen molar-refractivity contribution >= 4 is 33.2 Å². The average Bonchev–Trinajstić information content (AvgIpc) is 3.15. The van der Waals surface area contributed by atoms with Crippen LogP contribution in [0.15, 0.2) is 47.8 Å². The van der Waals surface area contributed by atoms with Gasteiger partial charge in [-0.15, -0.1) is 11.3 Å². The number of rotatable bonds is 10. The van der Waals surface area contributed by atoms with Crippen molar-refractivity contribution < 1.29 is 18.0 Å². The summed E-state index contributed by atoms with van der Waals surface area (Å²) in [6.45, 7) is 0.426. The van der Waals surface area contributed by atoms with Crippen LogP contribution in [0.25, 0.3) is 0 Å². The Labute approximate surface area is 156 Å². The molecule has 0 aliphatic carbocycles. The Balaban J connectivity index is 1.60. The minimum atomic E-state index is -3.47. The Bertz CT molecular complexity index is 806. The lowest BCUT2D eigenvalue weighted by Gasteiger charge is -2.08. The number of nitrogens with one attached hydrogen (secondary N) is 3. The molecule has 0 aliphatic heterocycles. The van der Waals surface area contributed by atoms with Crippen LogP contribution in [0.1, 0.15) is 21.7 Å². The van der Waals surface area contributed by atoms with Gasteiger partial charge in [-0.05, 0) is 17.0 Å². The second kappa shape index (κ2) is 10.0. The molecule has 0 saturated heterocycles. The molecular weight excluding hydrogens is 374 g/mol. The van der Waals surface area contributed by atoms with Crippen LogP contribution in [-0.2, 0) is 21.4 Å². The number of hydrogen-bond donors (Lipinski definition) is 3. The number of benzene rings is 1. The number of hydrogen-bond acceptors (Lipinski definition) is 5. The van der Waals surface area contributed by atoms with E-state index in [1.54, 1.807) is 17.5 Å². The molecule has 0 atom stereocenters. The van der Waals surface area contributed by atoms with Crippen LogP contribution < -0.4 is 15.4 Å². The van der Waals surface area contributed by atoms with Gasteiger partial charge in [-0.3, -0.25) is 9.59 Å². The zero-order chi connectivity index (χ0) is 18.8. The third-order valence-corrected chi connectivity index (χ3v) is 5.61. The number of sulfonamides is 1. The van der Waals surface area contributed by atoms with Gasteiger partial charge >= 0.3 is 0 Å². The molecule has 0 spiro atoms. The molecule has 2 amide bonds. The first-order valence-electron chi connectivity index (χ1n) is 8.06. The van der Waals surface area contributed by atoms with Crippen molar-refractivity contribution in [1.82, 2.24) is 15.4 Å². The van der Waals surface area contributed by atoms with Gasteiger partial charge in [0, 0.05) is 26.1 Å². The molecular formula is C17H21N3O4S2. The van der Waals surface area contributed by atoms with E-state index in [1.807, 2.05) is 30.3 Å². The van der Waals surface area contributed by atoms with E-state index in [9.17, 15) is 18.0 Å². The van der Waals surface area contributed by atoms with Crippen molar-refractivity contribution in [3.63, 3.8) is 0 Å². The summed E-state index contributed by atoms with van der Waals surface area (Å²) in [6, 6.07) is 12.7. The van der Waals surface area contributed by atoms with Gasteiger partial charge in [-0.2, -0.15) is 0 Å². The maximum absolute atomic E-state index is 11.9. The van der Waals surface area contributed by atoms with Crippen LogP contribution in [-0.4, -0.2) is 39.1 Å². The van der Waals surface area contributed by atoms with Crippen molar-refractivity contribution in [2.75, 3.05) is 18.8 Å². The van der Waals surface area contributed by atoms with Crippen LogP contribution in [0.4, 0.5) is 0 Å². The molecule has 0 unspecified atom stereocenters. The fourth-order valence-corrected chi connectivity index (χ4v) is 3.60. The summed E-state index contributed by atoms with van der Waals surface area (Å²) in [4.78, 5) is 24.0. The molecule has 26 heavy (non-hydrogen) atoms. The molecule has 0 fully saturated rings. The highest BCUT2D eigenvalue weighted by Crippen LogP contribution is 2.07. The smallest absolute Gasteiger partial charge is 0.261 e. The third-order valence-electron chi connectivity index (χ3n) is 3.41. The summed E-state index contributed by atoms with van der Waals surface area (Å²) >= 11 is 1.32. The van der Waals surface area contributed by atoms with E-state index in [0.717, 1.165) is 5.56 Å². The van der Waals surface area contributed by atoms with Crippen molar-refractivity contribution in [2.24, 2.45) is 0 Å². The second-order valence-electron chi connectivity index (χ2n) is 5.46. The molecule has 7 nitrogen and oxygen atoms in total. The number of carbonyl (C=O) groups excluding carboxylic acids is 2. The van der Waals surface area contributed by atoms with Crippen molar-refractivity contribution in [3.05, 3.63) is 58.3 Å². The lowest BCUT2D eigenvalue weighted by Crippen LogP contribution is -2.35. The predicted octanol–water partition coefficient (Wildman–Crippen LogP) is 1.10. The largest absolute Gasteiger partial charge is 0.355 e. The zero-order valence-corrected chi connectivity index (χ0v) is 15.7. The molecule has 1 heterocycles. The van der Waals surface area contributed by atoms with E-state index in [1.165, 1.54) is 11.3 Å². The first-order valence-corrected chi connectivity index (χ1v) is 10.6. The normalized spacial score (nSPS) is 11.1. The van der Waals surface area contributed by atoms with Gasteiger partial charge in [0.2, 0.25) is 15.9 Å². The lowest BCUT2D eigenvalue weighted by molar-refractivity contribution is -0.120. The van der Waals surface area contributed by atoms with E-state index >= 15 is 0 Å². The Morgan fingerprint density at radius 1 is 0.962 bits per heavy atom. The Kier molecular flexibility index (Phi) is 7.76. The van der Waals surface area contributed by atoms with E-state index in [2.05, 4.69) is 15.4 Å². The Hall–Kier alpha value is -2.23. The van der Waals surface area contributed by atoms with Crippen molar-refractivity contribution in [1.29, 1.82) is 0 Å². The van der Waals surface area contributed by atoms with Gasteiger partial charge in [0.15, 0.2) is 0 Å². The average molecular weight is 396 g/mol. The molecule has 0 saturated carbocycles. The van der Waals surface area contributed by atoms with E-state index in [4.69, 9.17) is 0 Å². The maximum Gasteiger partial charge on any atom is 0.261 e. The minimum Gasteiger partial charge on any atom is -0.355 e. The molecule has 1 aromatic carbocycles. The highest BCUT2D eigenvalue weighted by atomic mass is 32.2. The summed E-state index contributed by atoms with van der Waals surface area (Å²) in [6.07, 6.45) is 0.0919. The summed E-state index contributed by atoms with van der Waals surface area (Å²) < 4.78 is 26.3. The van der Waals surface area contributed by atoms with E-state index in [0.29, 0.717) is 4.88 Å². The number of carbonyl (C=O) groups is 2. The highest BCUT2D eigenvalue weighted by Gasteiger charge is 2.11. The Morgan fingerprint density at radius 3 is 2.42 bits per heavy atom. The SMILES string of the molecule is O=C(CCNC(=O)c1cccs1)NCCS(=O)(=O)NCc1ccccc1. The van der Waals surface area contributed by atoms with Crippen LogP contribution in [0, 0.1) is 0 Å². The summed E-state index contributed by atoms with van der Waals surface area (Å²) in [5.41, 5.74) is 0.863. The number of amides is 2. The second-order valence-corrected chi connectivity index (χ2v) is 8.33. The van der Waals surface area contributed by atoms with Gasteiger partial charge in [0.05, 0.1) is 10.6 Å². The topological polar surface area (TPSA) is 104 Å². The molecule has 140 valence electrons. The van der Waals surface area contributed by atoms with Gasteiger partial charge < -0.3 is 10.6 Å². The molecule has 2 rings (SSSR count). The molecule has 0 aliphatic rings. The Morgan fingerprint density at radius 2 is 1.73 bits per heavy atom. The van der Waals surface area contributed by atoms with Crippen LogP contribution in [0.2, 0.25) is 0 Å². The predicted molar refractivity (Wildman–Crippen MR) is 101 cm³/mol. The van der Waals surface area contributed by atoms with Crippen LogP contribution in [0.3, 0.4) is 0 Å². The quantitative estimate of drug-likeness (QED) is 0.560. The van der Waals surface area contributed by atoms with Gasteiger partial charge in [0.25, 0.3) is 5.91 Å². The van der Waals surface area contributed by atoms with E-state index in [-0.39, 0.29) is 43.6 Å².